The highest BCUT2D eigenvalue weighted by Gasteiger charge is 2.16. The minimum atomic E-state index is -0.740. The molecule has 0 aliphatic carbocycles. The third kappa shape index (κ3) is 5.07. The van der Waals surface area contributed by atoms with E-state index >= 15 is 0 Å². The summed E-state index contributed by atoms with van der Waals surface area (Å²) in [6.07, 6.45) is 0. The van der Waals surface area contributed by atoms with Gasteiger partial charge >= 0.3 is 11.8 Å². The van der Waals surface area contributed by atoms with Gasteiger partial charge in [0.2, 0.25) is 0 Å². The van der Waals surface area contributed by atoms with Crippen LogP contribution < -0.4 is 10.6 Å². The molecular weight excluding hydrogens is 319 g/mol. The van der Waals surface area contributed by atoms with Crippen molar-refractivity contribution in [2.45, 2.75) is 19.5 Å². The van der Waals surface area contributed by atoms with Gasteiger partial charge in [0.15, 0.2) is 0 Å². The molecule has 2 rings (SSSR count). The number of carbonyl (C=O) groups is 2. The molecular formula is C17H16ClFN2O2. The van der Waals surface area contributed by atoms with Crippen molar-refractivity contribution in [2.24, 2.45) is 0 Å². The average Bonchev–Trinajstić information content (AvgIpc) is 2.54. The van der Waals surface area contributed by atoms with Gasteiger partial charge in [-0.05, 0) is 42.3 Å². The van der Waals surface area contributed by atoms with Gasteiger partial charge in [0.1, 0.15) is 5.82 Å². The molecule has 2 N–H and O–H groups in total. The fourth-order valence-electron chi connectivity index (χ4n) is 1.96. The van der Waals surface area contributed by atoms with Gasteiger partial charge in [0.25, 0.3) is 0 Å². The van der Waals surface area contributed by atoms with Crippen LogP contribution in [0.3, 0.4) is 0 Å². The van der Waals surface area contributed by atoms with E-state index in [1.807, 2.05) is 0 Å². The zero-order valence-electron chi connectivity index (χ0n) is 12.5. The fourth-order valence-corrected chi connectivity index (χ4v) is 2.09. The summed E-state index contributed by atoms with van der Waals surface area (Å²) in [7, 11) is 0. The summed E-state index contributed by atoms with van der Waals surface area (Å²) in [5, 5.41) is 5.70. The maximum Gasteiger partial charge on any atom is 0.309 e. The number of nitrogens with one attached hydrogen (secondary N) is 2. The molecule has 0 aliphatic rings. The maximum atomic E-state index is 12.9. The number of carbonyl (C=O) groups excluding carboxylic acids is 2. The average molecular weight is 335 g/mol. The lowest BCUT2D eigenvalue weighted by atomic mass is 10.1. The molecule has 23 heavy (non-hydrogen) atoms. The van der Waals surface area contributed by atoms with E-state index in [2.05, 4.69) is 10.6 Å². The first-order chi connectivity index (χ1) is 11.0. The van der Waals surface area contributed by atoms with Gasteiger partial charge in [0.05, 0.1) is 6.04 Å². The first-order valence-electron chi connectivity index (χ1n) is 7.04. The first-order valence-corrected chi connectivity index (χ1v) is 7.42. The van der Waals surface area contributed by atoms with Crippen LogP contribution in [0.15, 0.2) is 48.5 Å². The van der Waals surface area contributed by atoms with Crippen molar-refractivity contribution in [1.82, 2.24) is 10.6 Å². The van der Waals surface area contributed by atoms with Crippen molar-refractivity contribution < 1.29 is 14.0 Å². The molecule has 0 aliphatic heterocycles. The second-order valence-electron chi connectivity index (χ2n) is 5.06. The van der Waals surface area contributed by atoms with Crippen molar-refractivity contribution in [3.05, 3.63) is 70.5 Å². The molecule has 4 nitrogen and oxygen atoms in total. The molecule has 0 saturated heterocycles. The molecule has 0 bridgehead atoms. The van der Waals surface area contributed by atoms with Crippen LogP contribution >= 0.6 is 11.6 Å². The molecule has 1 atom stereocenters. The maximum absolute atomic E-state index is 12.9. The zero-order chi connectivity index (χ0) is 16.8. The van der Waals surface area contributed by atoms with E-state index in [1.54, 1.807) is 43.3 Å². The van der Waals surface area contributed by atoms with Crippen molar-refractivity contribution >= 4 is 23.4 Å². The molecule has 2 aromatic carbocycles. The van der Waals surface area contributed by atoms with Crippen LogP contribution in [0, 0.1) is 5.82 Å². The summed E-state index contributed by atoms with van der Waals surface area (Å²) in [6, 6.07) is 12.3. The molecule has 0 heterocycles. The topological polar surface area (TPSA) is 58.2 Å². The van der Waals surface area contributed by atoms with Gasteiger partial charge in [-0.3, -0.25) is 9.59 Å². The molecule has 0 spiro atoms. The summed E-state index contributed by atoms with van der Waals surface area (Å²) in [4.78, 5) is 23.6. The highest BCUT2D eigenvalue weighted by atomic mass is 35.5. The van der Waals surface area contributed by atoms with Crippen molar-refractivity contribution in [1.29, 1.82) is 0 Å². The molecule has 6 heteroatoms. The lowest BCUT2D eigenvalue weighted by Crippen LogP contribution is -2.40. The Morgan fingerprint density at radius 3 is 2.26 bits per heavy atom. The van der Waals surface area contributed by atoms with Gasteiger partial charge in [-0.1, -0.05) is 35.9 Å². The van der Waals surface area contributed by atoms with E-state index in [4.69, 9.17) is 11.6 Å². The van der Waals surface area contributed by atoms with E-state index in [0.717, 1.165) is 5.56 Å². The summed E-state index contributed by atoms with van der Waals surface area (Å²) in [5.41, 5.74) is 1.55. The monoisotopic (exact) mass is 334 g/mol. The van der Waals surface area contributed by atoms with E-state index in [0.29, 0.717) is 10.6 Å². The summed E-state index contributed by atoms with van der Waals surface area (Å²) in [5.74, 6) is -1.82. The third-order valence-corrected chi connectivity index (χ3v) is 3.54. The Hall–Kier alpha value is -2.40. The molecule has 0 saturated carbocycles. The van der Waals surface area contributed by atoms with Crippen LogP contribution in [0.2, 0.25) is 5.02 Å². The Bertz CT molecular complexity index is 687. The number of hydrogen-bond acceptors (Lipinski definition) is 2. The second-order valence-corrected chi connectivity index (χ2v) is 5.49. The molecule has 0 aromatic heterocycles. The van der Waals surface area contributed by atoms with Gasteiger partial charge < -0.3 is 10.6 Å². The molecule has 0 fully saturated rings. The fraction of sp³-hybridized carbons (Fsp3) is 0.176. The van der Waals surface area contributed by atoms with Crippen LogP contribution in [0.4, 0.5) is 4.39 Å². The number of hydrogen-bond donors (Lipinski definition) is 2. The molecule has 2 aromatic rings. The SMILES string of the molecule is C[C@@H](NC(=O)C(=O)NCc1ccc(Cl)cc1)c1ccc(F)cc1. The molecule has 2 amide bonds. The Labute approximate surface area is 138 Å². The molecule has 0 radical (unpaired) electrons. The number of halogens is 2. The Morgan fingerprint density at radius 2 is 1.65 bits per heavy atom. The third-order valence-electron chi connectivity index (χ3n) is 3.29. The predicted molar refractivity (Wildman–Crippen MR) is 86.3 cm³/mol. The quantitative estimate of drug-likeness (QED) is 0.845. The van der Waals surface area contributed by atoms with Crippen molar-refractivity contribution in [2.75, 3.05) is 0 Å². The second kappa shape index (κ2) is 7.74. The Kier molecular flexibility index (Phi) is 5.71. The summed E-state index contributed by atoms with van der Waals surface area (Å²) in [6.45, 7) is 1.95. The predicted octanol–water partition coefficient (Wildman–Crippen LogP) is 2.97. The number of benzene rings is 2. The van der Waals surface area contributed by atoms with E-state index in [-0.39, 0.29) is 12.4 Å². The van der Waals surface area contributed by atoms with E-state index < -0.39 is 17.9 Å². The van der Waals surface area contributed by atoms with Gasteiger partial charge in [-0.2, -0.15) is 0 Å². The van der Waals surface area contributed by atoms with Crippen LogP contribution in [-0.2, 0) is 16.1 Å². The van der Waals surface area contributed by atoms with Crippen molar-refractivity contribution in [3.63, 3.8) is 0 Å². The lowest BCUT2D eigenvalue weighted by Gasteiger charge is -2.14. The Balaban J connectivity index is 1.85. The largest absolute Gasteiger partial charge is 0.344 e. The van der Waals surface area contributed by atoms with Gasteiger partial charge in [-0.25, -0.2) is 4.39 Å². The highest BCUT2D eigenvalue weighted by Crippen LogP contribution is 2.12. The molecule has 0 unspecified atom stereocenters. The van der Waals surface area contributed by atoms with E-state index in [1.165, 1.54) is 12.1 Å². The normalized spacial score (nSPS) is 11.6. The number of rotatable bonds is 4. The summed E-state index contributed by atoms with van der Waals surface area (Å²) >= 11 is 5.78. The first kappa shape index (κ1) is 17.0. The highest BCUT2D eigenvalue weighted by molar-refractivity contribution is 6.35. The van der Waals surface area contributed by atoms with Crippen molar-refractivity contribution in [3.8, 4) is 0 Å². The minimum Gasteiger partial charge on any atom is -0.344 e. The molecule has 120 valence electrons. The van der Waals surface area contributed by atoms with Crippen LogP contribution in [0.1, 0.15) is 24.1 Å². The zero-order valence-corrected chi connectivity index (χ0v) is 13.2. The Morgan fingerprint density at radius 1 is 1.04 bits per heavy atom. The van der Waals surface area contributed by atoms with Gasteiger partial charge in [0, 0.05) is 11.6 Å². The lowest BCUT2D eigenvalue weighted by molar-refractivity contribution is -0.139. The summed E-state index contributed by atoms with van der Waals surface area (Å²) < 4.78 is 12.9. The van der Waals surface area contributed by atoms with E-state index in [9.17, 15) is 14.0 Å². The number of amides is 2. The van der Waals surface area contributed by atoms with Crippen LogP contribution in [0.25, 0.3) is 0 Å². The van der Waals surface area contributed by atoms with Crippen LogP contribution in [-0.4, -0.2) is 11.8 Å². The standard InChI is InChI=1S/C17H16ClFN2O2/c1-11(13-4-8-15(19)9-5-13)21-17(23)16(22)20-10-12-2-6-14(18)7-3-12/h2-9,11H,10H2,1H3,(H,20,22)(H,21,23)/t11-/m1/s1. The smallest absolute Gasteiger partial charge is 0.309 e. The minimum absolute atomic E-state index is 0.231. The van der Waals surface area contributed by atoms with Crippen LogP contribution in [0.5, 0.6) is 0 Å². The van der Waals surface area contributed by atoms with Gasteiger partial charge in [-0.15, -0.1) is 0 Å².